The van der Waals surface area contributed by atoms with E-state index in [1.807, 2.05) is 24.3 Å². The maximum atomic E-state index is 12.9. The topological polar surface area (TPSA) is 86.8 Å². The standard InChI is InChI=1S/C24H29N3O4S/c1-3-17(2)21-7-4-5-8-22(21)26-16-18(15-23(26)28)24(29)25-19-9-11-20(12-10-19)27-13-6-14-32(27,30)31/h4-5,7-12,17-18H,3,6,13-16H2,1-2H3,(H,25,29). The van der Waals surface area contributed by atoms with Crippen LogP contribution < -0.4 is 14.5 Å². The number of carbonyl (C=O) groups is 2. The number of para-hydroxylation sites is 1. The maximum Gasteiger partial charge on any atom is 0.235 e. The fraction of sp³-hybridized carbons (Fsp3) is 0.417. The summed E-state index contributed by atoms with van der Waals surface area (Å²) in [6.45, 7) is 5.09. The van der Waals surface area contributed by atoms with E-state index in [1.165, 1.54) is 4.31 Å². The van der Waals surface area contributed by atoms with E-state index in [-0.39, 0.29) is 24.0 Å². The Morgan fingerprint density at radius 2 is 1.88 bits per heavy atom. The molecule has 2 unspecified atom stereocenters. The Morgan fingerprint density at radius 3 is 2.53 bits per heavy atom. The molecular formula is C24H29N3O4S. The Balaban J connectivity index is 1.44. The summed E-state index contributed by atoms with van der Waals surface area (Å²) in [5.74, 6) is -0.201. The van der Waals surface area contributed by atoms with Crippen molar-refractivity contribution in [2.24, 2.45) is 5.92 Å². The Bertz CT molecular complexity index is 1110. The number of nitrogens with zero attached hydrogens (tertiary/aromatic N) is 2. The third kappa shape index (κ3) is 4.37. The normalized spacial score (nSPS) is 21.1. The van der Waals surface area contributed by atoms with Gasteiger partial charge in [-0.05, 0) is 54.7 Å². The lowest BCUT2D eigenvalue weighted by atomic mass is 9.96. The van der Waals surface area contributed by atoms with Crippen LogP contribution in [-0.4, -0.2) is 39.1 Å². The lowest BCUT2D eigenvalue weighted by Crippen LogP contribution is -2.29. The summed E-state index contributed by atoms with van der Waals surface area (Å²) in [7, 11) is -3.24. The summed E-state index contributed by atoms with van der Waals surface area (Å²) >= 11 is 0. The number of sulfonamides is 1. The van der Waals surface area contributed by atoms with Crippen LogP contribution in [0, 0.1) is 5.92 Å². The van der Waals surface area contributed by atoms with E-state index in [0.717, 1.165) is 17.7 Å². The highest BCUT2D eigenvalue weighted by atomic mass is 32.2. The molecule has 2 aromatic rings. The molecule has 2 atom stereocenters. The van der Waals surface area contributed by atoms with Crippen LogP contribution in [0.4, 0.5) is 17.1 Å². The van der Waals surface area contributed by atoms with Crippen LogP contribution in [0.5, 0.6) is 0 Å². The zero-order chi connectivity index (χ0) is 22.9. The minimum atomic E-state index is -3.24. The van der Waals surface area contributed by atoms with Crippen LogP contribution in [0.15, 0.2) is 48.5 Å². The van der Waals surface area contributed by atoms with Crippen molar-refractivity contribution in [3.05, 3.63) is 54.1 Å². The largest absolute Gasteiger partial charge is 0.326 e. The number of rotatable bonds is 6. The van der Waals surface area contributed by atoms with Crippen molar-refractivity contribution < 1.29 is 18.0 Å². The number of amides is 2. The molecule has 0 saturated carbocycles. The highest BCUT2D eigenvalue weighted by Gasteiger charge is 2.36. The van der Waals surface area contributed by atoms with Gasteiger partial charge in [-0.1, -0.05) is 32.0 Å². The highest BCUT2D eigenvalue weighted by Crippen LogP contribution is 2.34. The highest BCUT2D eigenvalue weighted by molar-refractivity contribution is 7.93. The molecule has 4 rings (SSSR count). The van der Waals surface area contributed by atoms with Crippen LogP contribution in [-0.2, 0) is 19.6 Å². The minimum Gasteiger partial charge on any atom is -0.326 e. The SMILES string of the molecule is CCC(C)c1ccccc1N1CC(C(=O)Nc2ccc(N3CCCS3(=O)=O)cc2)CC1=O. The van der Waals surface area contributed by atoms with Crippen molar-refractivity contribution in [3.63, 3.8) is 0 Å². The van der Waals surface area contributed by atoms with Gasteiger partial charge in [-0.3, -0.25) is 13.9 Å². The molecule has 2 aliphatic heterocycles. The summed E-state index contributed by atoms with van der Waals surface area (Å²) in [4.78, 5) is 27.3. The van der Waals surface area contributed by atoms with E-state index in [9.17, 15) is 18.0 Å². The van der Waals surface area contributed by atoms with Gasteiger partial charge in [0.15, 0.2) is 0 Å². The molecule has 170 valence electrons. The lowest BCUT2D eigenvalue weighted by Gasteiger charge is -2.23. The zero-order valence-electron chi connectivity index (χ0n) is 18.5. The molecule has 0 spiro atoms. The van der Waals surface area contributed by atoms with Gasteiger partial charge in [-0.25, -0.2) is 8.42 Å². The molecule has 7 nitrogen and oxygen atoms in total. The third-order valence-electron chi connectivity index (χ3n) is 6.39. The van der Waals surface area contributed by atoms with Gasteiger partial charge in [-0.2, -0.15) is 0 Å². The van der Waals surface area contributed by atoms with E-state index in [4.69, 9.17) is 0 Å². The quantitative estimate of drug-likeness (QED) is 0.719. The number of benzene rings is 2. The average Bonchev–Trinajstić information content (AvgIpc) is 3.35. The first-order valence-electron chi connectivity index (χ1n) is 11.1. The molecule has 8 heteroatoms. The molecule has 2 saturated heterocycles. The van der Waals surface area contributed by atoms with Gasteiger partial charge in [0.25, 0.3) is 0 Å². The summed E-state index contributed by atoms with van der Waals surface area (Å²) in [5.41, 5.74) is 3.20. The van der Waals surface area contributed by atoms with Crippen molar-refractivity contribution in [2.75, 3.05) is 33.4 Å². The molecule has 0 aliphatic carbocycles. The Morgan fingerprint density at radius 1 is 1.16 bits per heavy atom. The van der Waals surface area contributed by atoms with Crippen LogP contribution >= 0.6 is 0 Å². The molecule has 1 N–H and O–H groups in total. The van der Waals surface area contributed by atoms with Gasteiger partial charge < -0.3 is 10.2 Å². The van der Waals surface area contributed by atoms with Crippen molar-refractivity contribution in [1.29, 1.82) is 0 Å². The first kappa shape index (κ1) is 22.3. The summed E-state index contributed by atoms with van der Waals surface area (Å²) < 4.78 is 25.6. The first-order valence-corrected chi connectivity index (χ1v) is 12.7. The second kappa shape index (κ2) is 8.94. The molecule has 2 aliphatic rings. The molecule has 2 heterocycles. The van der Waals surface area contributed by atoms with Gasteiger partial charge in [0.1, 0.15) is 0 Å². The summed E-state index contributed by atoms with van der Waals surface area (Å²) in [6, 6.07) is 14.7. The van der Waals surface area contributed by atoms with Gasteiger partial charge in [-0.15, -0.1) is 0 Å². The predicted molar refractivity (Wildman–Crippen MR) is 126 cm³/mol. The molecule has 0 bridgehead atoms. The smallest absolute Gasteiger partial charge is 0.235 e. The van der Waals surface area contributed by atoms with Gasteiger partial charge in [0.05, 0.1) is 17.4 Å². The van der Waals surface area contributed by atoms with E-state index in [1.54, 1.807) is 29.2 Å². The number of carbonyl (C=O) groups excluding carboxylic acids is 2. The summed E-state index contributed by atoms with van der Waals surface area (Å²) in [5, 5.41) is 2.88. The van der Waals surface area contributed by atoms with Crippen molar-refractivity contribution in [3.8, 4) is 0 Å². The predicted octanol–water partition coefficient (Wildman–Crippen LogP) is 3.73. The Hall–Kier alpha value is -2.87. The van der Waals surface area contributed by atoms with Gasteiger partial charge in [0, 0.05) is 30.9 Å². The third-order valence-corrected chi connectivity index (χ3v) is 8.26. The fourth-order valence-electron chi connectivity index (χ4n) is 4.37. The maximum absolute atomic E-state index is 12.9. The Labute approximate surface area is 189 Å². The van der Waals surface area contributed by atoms with Gasteiger partial charge in [0.2, 0.25) is 21.8 Å². The zero-order valence-corrected chi connectivity index (χ0v) is 19.3. The second-order valence-corrected chi connectivity index (χ2v) is 10.6. The number of hydrogen-bond acceptors (Lipinski definition) is 4. The van der Waals surface area contributed by atoms with Crippen LogP contribution in [0.2, 0.25) is 0 Å². The Kier molecular flexibility index (Phi) is 6.24. The molecule has 2 amide bonds. The molecule has 0 radical (unpaired) electrons. The van der Waals surface area contributed by atoms with Gasteiger partial charge >= 0.3 is 0 Å². The van der Waals surface area contributed by atoms with E-state index < -0.39 is 15.9 Å². The van der Waals surface area contributed by atoms with Crippen LogP contribution in [0.3, 0.4) is 0 Å². The van der Waals surface area contributed by atoms with Crippen molar-refractivity contribution >= 4 is 38.9 Å². The average molecular weight is 456 g/mol. The van der Waals surface area contributed by atoms with Crippen LogP contribution in [0.25, 0.3) is 0 Å². The monoisotopic (exact) mass is 455 g/mol. The minimum absolute atomic E-state index is 0.0458. The number of nitrogens with one attached hydrogen (secondary N) is 1. The van der Waals surface area contributed by atoms with E-state index in [0.29, 0.717) is 36.8 Å². The second-order valence-electron chi connectivity index (χ2n) is 8.55. The first-order chi connectivity index (χ1) is 15.3. The molecule has 32 heavy (non-hydrogen) atoms. The summed E-state index contributed by atoms with van der Waals surface area (Å²) in [6.07, 6.45) is 1.76. The van der Waals surface area contributed by atoms with E-state index in [2.05, 4.69) is 19.2 Å². The lowest BCUT2D eigenvalue weighted by molar-refractivity contribution is -0.122. The molecule has 0 aromatic heterocycles. The number of anilines is 3. The molecule has 2 aromatic carbocycles. The van der Waals surface area contributed by atoms with Crippen molar-refractivity contribution in [1.82, 2.24) is 0 Å². The fourth-order valence-corrected chi connectivity index (χ4v) is 5.94. The molecule has 2 fully saturated rings. The number of hydrogen-bond donors (Lipinski definition) is 1. The van der Waals surface area contributed by atoms with Crippen LogP contribution in [0.1, 0.15) is 44.6 Å². The van der Waals surface area contributed by atoms with Crippen molar-refractivity contribution in [2.45, 2.75) is 39.0 Å². The van der Waals surface area contributed by atoms with E-state index >= 15 is 0 Å². The molecular weight excluding hydrogens is 426 g/mol.